The first-order chi connectivity index (χ1) is 15.4. The molecule has 6 nitrogen and oxygen atoms in total. The van der Waals surface area contributed by atoms with Gasteiger partial charge in [0.25, 0.3) is 0 Å². The Morgan fingerprint density at radius 2 is 2.00 bits per heavy atom. The van der Waals surface area contributed by atoms with E-state index in [1.165, 1.54) is 6.20 Å². The van der Waals surface area contributed by atoms with Crippen LogP contribution < -0.4 is 5.32 Å². The van der Waals surface area contributed by atoms with E-state index in [1.54, 1.807) is 0 Å². The summed E-state index contributed by atoms with van der Waals surface area (Å²) in [4.78, 5) is 15.3. The van der Waals surface area contributed by atoms with Crippen LogP contribution in [0.5, 0.6) is 0 Å². The summed E-state index contributed by atoms with van der Waals surface area (Å²) in [5.74, 6) is 0.292. The molecule has 5 rings (SSSR count). The molecule has 0 aromatic carbocycles. The number of aliphatic hydroxyl groups is 1. The Hall–Kier alpha value is -1.64. The summed E-state index contributed by atoms with van der Waals surface area (Å²) in [5, 5.41) is 14.4. The van der Waals surface area contributed by atoms with Gasteiger partial charge in [0, 0.05) is 31.2 Å². The molecule has 0 amide bonds. The molecular formula is C23H30ClF2N5O. The van der Waals surface area contributed by atoms with E-state index in [1.807, 2.05) is 0 Å². The number of aryl methyl sites for hydroxylation is 1. The highest BCUT2D eigenvalue weighted by Crippen LogP contribution is 2.43. The standard InChI is InChI=1S/C23H30ClF2N5O/c24-20-18(26)19-16(12-27-20)21(28-14-23(32)7-2-1-3-8-23)30-17(29-19)5-9-22-6-4-10-31(22)13-15(25)11-22/h12,15,32H,1-11,13-14H2,(H,28,29,30)/t15-,22-/m1/s1. The fraction of sp³-hybridized carbons (Fsp3) is 0.696. The topological polar surface area (TPSA) is 74.2 Å². The zero-order valence-electron chi connectivity index (χ0n) is 18.2. The Morgan fingerprint density at radius 1 is 1.19 bits per heavy atom. The third-order valence-electron chi connectivity index (χ3n) is 7.63. The summed E-state index contributed by atoms with van der Waals surface area (Å²) in [7, 11) is 0. The van der Waals surface area contributed by atoms with Gasteiger partial charge in [0.1, 0.15) is 23.3 Å². The normalized spacial score (nSPS) is 27.7. The molecule has 2 aliphatic heterocycles. The van der Waals surface area contributed by atoms with E-state index in [0.717, 1.165) is 57.9 Å². The van der Waals surface area contributed by atoms with E-state index in [-0.39, 0.29) is 16.2 Å². The first-order valence-electron chi connectivity index (χ1n) is 11.7. The van der Waals surface area contributed by atoms with Gasteiger partial charge < -0.3 is 10.4 Å². The largest absolute Gasteiger partial charge is 0.388 e. The lowest BCUT2D eigenvalue weighted by atomic mass is 9.85. The van der Waals surface area contributed by atoms with Crippen molar-refractivity contribution in [1.82, 2.24) is 19.9 Å². The minimum absolute atomic E-state index is 0.128. The monoisotopic (exact) mass is 465 g/mol. The molecule has 9 heteroatoms. The number of hydrogen-bond donors (Lipinski definition) is 2. The summed E-state index contributed by atoms with van der Waals surface area (Å²) >= 11 is 5.93. The zero-order chi connectivity index (χ0) is 22.3. The summed E-state index contributed by atoms with van der Waals surface area (Å²) < 4.78 is 28.9. The molecule has 3 aliphatic rings. The molecule has 0 unspecified atom stereocenters. The lowest BCUT2D eigenvalue weighted by molar-refractivity contribution is 0.0167. The number of hydrogen-bond acceptors (Lipinski definition) is 6. The predicted octanol–water partition coefficient (Wildman–Crippen LogP) is 4.43. The van der Waals surface area contributed by atoms with E-state index in [0.29, 0.717) is 43.0 Å². The Labute approximate surface area is 191 Å². The van der Waals surface area contributed by atoms with Gasteiger partial charge in [0.15, 0.2) is 11.0 Å². The molecule has 0 spiro atoms. The summed E-state index contributed by atoms with van der Waals surface area (Å²) in [5.41, 5.74) is -0.808. The fourth-order valence-corrected chi connectivity index (χ4v) is 6.06. The molecule has 1 saturated carbocycles. The highest BCUT2D eigenvalue weighted by atomic mass is 35.5. The number of alkyl halides is 1. The third-order valence-corrected chi connectivity index (χ3v) is 7.90. The van der Waals surface area contributed by atoms with Crippen LogP contribution in [0.4, 0.5) is 14.6 Å². The minimum Gasteiger partial charge on any atom is -0.388 e. The quantitative estimate of drug-likeness (QED) is 0.615. The van der Waals surface area contributed by atoms with E-state index >= 15 is 0 Å². The fourth-order valence-electron chi connectivity index (χ4n) is 5.92. The van der Waals surface area contributed by atoms with Crippen LogP contribution in [0.25, 0.3) is 10.9 Å². The molecule has 2 N–H and O–H groups in total. The van der Waals surface area contributed by atoms with Crippen molar-refractivity contribution in [3.05, 3.63) is 23.0 Å². The van der Waals surface area contributed by atoms with Crippen molar-refractivity contribution in [3.8, 4) is 0 Å². The van der Waals surface area contributed by atoms with Crippen LogP contribution >= 0.6 is 11.6 Å². The molecule has 0 radical (unpaired) electrons. The van der Waals surface area contributed by atoms with Crippen LogP contribution in [0.15, 0.2) is 6.20 Å². The van der Waals surface area contributed by atoms with Gasteiger partial charge in [-0.1, -0.05) is 30.9 Å². The smallest absolute Gasteiger partial charge is 0.186 e. The number of nitrogens with zero attached hydrogens (tertiary/aromatic N) is 4. The number of fused-ring (bicyclic) bond motifs is 2. The predicted molar refractivity (Wildman–Crippen MR) is 120 cm³/mol. The van der Waals surface area contributed by atoms with Gasteiger partial charge >= 0.3 is 0 Å². The van der Waals surface area contributed by atoms with Crippen LogP contribution in [-0.2, 0) is 6.42 Å². The average Bonchev–Trinajstić information content (AvgIpc) is 3.30. The molecule has 2 aromatic rings. The molecule has 2 aromatic heterocycles. The third kappa shape index (κ3) is 4.17. The number of pyridine rings is 1. The number of rotatable bonds is 6. The van der Waals surface area contributed by atoms with Gasteiger partial charge in [-0.15, -0.1) is 0 Å². The summed E-state index contributed by atoms with van der Waals surface area (Å²) in [6, 6.07) is 0. The first-order valence-corrected chi connectivity index (χ1v) is 12.1. The van der Waals surface area contributed by atoms with Crippen molar-refractivity contribution in [2.75, 3.05) is 25.0 Å². The van der Waals surface area contributed by atoms with E-state index in [2.05, 4.69) is 25.2 Å². The molecule has 3 fully saturated rings. The lowest BCUT2D eigenvalue weighted by Crippen LogP contribution is -2.39. The van der Waals surface area contributed by atoms with E-state index in [4.69, 9.17) is 11.6 Å². The SMILES string of the molecule is OC1(CNc2nc(CC[C@@]34CCCN3C[C@H](F)C4)nc3c(F)c(Cl)ncc23)CCCCC1. The van der Waals surface area contributed by atoms with Crippen molar-refractivity contribution in [1.29, 1.82) is 0 Å². The van der Waals surface area contributed by atoms with Crippen molar-refractivity contribution < 1.29 is 13.9 Å². The van der Waals surface area contributed by atoms with Crippen molar-refractivity contribution in [3.63, 3.8) is 0 Å². The Bertz CT molecular complexity index is 1000. The number of anilines is 1. The number of nitrogens with one attached hydrogen (secondary N) is 1. The second-order valence-electron chi connectivity index (χ2n) is 9.83. The van der Waals surface area contributed by atoms with Crippen LogP contribution in [0.1, 0.15) is 63.6 Å². The highest BCUT2D eigenvalue weighted by Gasteiger charge is 2.48. The molecular weight excluding hydrogens is 436 g/mol. The van der Waals surface area contributed by atoms with Gasteiger partial charge in [-0.2, -0.15) is 0 Å². The second kappa shape index (κ2) is 8.61. The molecule has 0 bridgehead atoms. The minimum atomic E-state index is -0.794. The van der Waals surface area contributed by atoms with Crippen molar-refractivity contribution >= 4 is 28.3 Å². The number of halogens is 3. The second-order valence-corrected chi connectivity index (χ2v) is 10.2. The van der Waals surface area contributed by atoms with Gasteiger partial charge in [-0.05, 0) is 45.1 Å². The Kier molecular flexibility index (Phi) is 5.97. The van der Waals surface area contributed by atoms with Gasteiger partial charge in [0.05, 0.1) is 11.0 Å². The molecule has 2 atom stereocenters. The molecule has 2 saturated heterocycles. The lowest BCUT2D eigenvalue weighted by Gasteiger charge is -2.32. The average molecular weight is 466 g/mol. The highest BCUT2D eigenvalue weighted by molar-refractivity contribution is 6.30. The van der Waals surface area contributed by atoms with Crippen LogP contribution in [-0.4, -0.2) is 61.9 Å². The van der Waals surface area contributed by atoms with Crippen molar-refractivity contribution in [2.24, 2.45) is 0 Å². The van der Waals surface area contributed by atoms with Crippen LogP contribution in [0, 0.1) is 5.82 Å². The summed E-state index contributed by atoms with van der Waals surface area (Å²) in [6.07, 6.45) is 9.13. The van der Waals surface area contributed by atoms with E-state index < -0.39 is 17.6 Å². The van der Waals surface area contributed by atoms with Crippen molar-refractivity contribution in [2.45, 2.75) is 81.5 Å². The van der Waals surface area contributed by atoms with Crippen LogP contribution in [0.3, 0.4) is 0 Å². The Balaban J connectivity index is 1.42. The molecule has 174 valence electrons. The van der Waals surface area contributed by atoms with Crippen LogP contribution in [0.2, 0.25) is 5.15 Å². The Morgan fingerprint density at radius 3 is 2.81 bits per heavy atom. The zero-order valence-corrected chi connectivity index (χ0v) is 19.0. The van der Waals surface area contributed by atoms with Gasteiger partial charge in [0.2, 0.25) is 0 Å². The molecule has 32 heavy (non-hydrogen) atoms. The van der Waals surface area contributed by atoms with E-state index in [9.17, 15) is 13.9 Å². The molecule has 4 heterocycles. The maximum Gasteiger partial charge on any atom is 0.186 e. The maximum atomic E-state index is 14.8. The maximum absolute atomic E-state index is 14.8. The first kappa shape index (κ1) is 22.2. The summed E-state index contributed by atoms with van der Waals surface area (Å²) in [6.45, 7) is 1.77. The van der Waals surface area contributed by atoms with Gasteiger partial charge in [-0.25, -0.2) is 23.7 Å². The number of aromatic nitrogens is 3. The van der Waals surface area contributed by atoms with Gasteiger partial charge in [-0.3, -0.25) is 4.90 Å². The molecule has 1 aliphatic carbocycles.